The van der Waals surface area contributed by atoms with Crippen molar-refractivity contribution in [1.29, 1.82) is 10.8 Å². The van der Waals surface area contributed by atoms with Crippen molar-refractivity contribution in [2.24, 2.45) is 9.98 Å². The molecule has 2 aromatic carbocycles. The molecule has 2 fully saturated rings. The molecule has 0 saturated carbocycles. The molecule has 624 valence electrons. The second-order valence-corrected chi connectivity index (χ2v) is 28.1. The molecule has 4 atom stereocenters. The van der Waals surface area contributed by atoms with E-state index in [1.54, 1.807) is 76.2 Å². The number of rotatable bonds is 4. The average molecular weight is 1580 g/mol. The third kappa shape index (κ3) is 50.4. The van der Waals surface area contributed by atoms with Gasteiger partial charge in [0.15, 0.2) is 11.9 Å². The van der Waals surface area contributed by atoms with E-state index in [-0.39, 0.29) is 51.1 Å². The number of aliphatic imine (C=N–C) groups is 2. The van der Waals surface area contributed by atoms with Gasteiger partial charge < -0.3 is 48.0 Å². The van der Waals surface area contributed by atoms with Crippen LogP contribution in [-0.4, -0.2) is 182 Å². The lowest BCUT2D eigenvalue weighted by Gasteiger charge is -2.22. The number of nitrogens with zero attached hydrogens (tertiary/aromatic N) is 6. The summed E-state index contributed by atoms with van der Waals surface area (Å²) in [6, 6.07) is 17.7. The quantitative estimate of drug-likeness (QED) is 0.0940. The molecule has 0 unspecified atom stereocenters. The number of likely N-dealkylation sites (N-methyl/N-ethyl adjacent to an activating group) is 4. The van der Waals surface area contributed by atoms with E-state index in [9.17, 15) is 47.9 Å². The molecule has 28 heteroatoms. The monoisotopic (exact) mass is 1580 g/mol. The Morgan fingerprint density at radius 3 is 0.929 bits per heavy atom. The van der Waals surface area contributed by atoms with Crippen molar-refractivity contribution in [1.82, 2.24) is 40.9 Å². The first-order valence-corrected chi connectivity index (χ1v) is 39.8. The number of benzene rings is 2. The van der Waals surface area contributed by atoms with Crippen molar-refractivity contribution in [3.05, 3.63) is 96.1 Å². The topological polar surface area (TPSA) is 360 Å². The summed E-state index contributed by atoms with van der Waals surface area (Å²) in [5, 5.41) is 25.1. The van der Waals surface area contributed by atoms with Gasteiger partial charge in [0.05, 0.1) is 24.4 Å². The number of hydrogen-bond donors (Lipinski definition) is 6. The number of guanidine groups is 4. The second kappa shape index (κ2) is 60.2. The van der Waals surface area contributed by atoms with E-state index in [4.69, 9.17) is 55.7 Å². The fourth-order valence-corrected chi connectivity index (χ4v) is 11.5. The summed E-state index contributed by atoms with van der Waals surface area (Å²) in [6.45, 7) is -7.00. The number of amides is 6. The van der Waals surface area contributed by atoms with Crippen molar-refractivity contribution in [2.75, 3.05) is 54.1 Å². The third-order valence-corrected chi connectivity index (χ3v) is 17.7. The fourth-order valence-electron chi connectivity index (χ4n) is 11.5. The van der Waals surface area contributed by atoms with E-state index in [1.165, 1.54) is 12.8 Å². The first-order valence-electron chi connectivity index (χ1n) is 45.8. The molecule has 2 saturated heterocycles. The van der Waals surface area contributed by atoms with Crippen LogP contribution >= 0.6 is 0 Å². The molecule has 4 heterocycles. The minimum atomic E-state index is -2.89. The van der Waals surface area contributed by atoms with Crippen LogP contribution in [0.2, 0.25) is 0 Å². The van der Waals surface area contributed by atoms with Crippen LogP contribution in [0, 0.1) is 10.8 Å². The Balaban J connectivity index is 0.000000432. The third-order valence-electron chi connectivity index (χ3n) is 17.7. The summed E-state index contributed by atoms with van der Waals surface area (Å²) in [4.78, 5) is 133. The molecule has 4 aliphatic heterocycles. The lowest BCUT2D eigenvalue weighted by molar-refractivity contribution is -0.149. The van der Waals surface area contributed by atoms with Gasteiger partial charge in [0.25, 0.3) is 0 Å². The molecule has 0 bridgehead atoms. The minimum absolute atomic E-state index is 0.0920. The number of nitrogens with one attached hydrogen (secondary N) is 6. The second-order valence-electron chi connectivity index (χ2n) is 28.1. The van der Waals surface area contributed by atoms with Crippen LogP contribution in [0.1, 0.15) is 286 Å². The van der Waals surface area contributed by atoms with Crippen LogP contribution < -0.4 is 21.3 Å². The lowest BCUT2D eigenvalue weighted by atomic mass is 10.1. The summed E-state index contributed by atoms with van der Waals surface area (Å²) in [7, 11) is 0. The maximum absolute atomic E-state index is 12.6. The van der Waals surface area contributed by atoms with Crippen LogP contribution in [0.5, 0.6) is 0 Å². The Morgan fingerprint density at radius 1 is 0.375 bits per heavy atom. The first kappa shape index (κ1) is 77.8. The zero-order chi connectivity index (χ0) is 91.9. The zero-order valence-electron chi connectivity index (χ0n) is 78.3. The Kier molecular flexibility index (Phi) is 41.8. The number of ether oxygens (including phenoxy) is 6. The Morgan fingerprint density at radius 2 is 0.625 bits per heavy atom. The first-order chi connectivity index (χ1) is 58.7. The van der Waals surface area contributed by atoms with Crippen LogP contribution in [0.4, 0.5) is 9.59 Å². The standard InChI is InChI=1S/2C25H35N3O5.2C17H31N3O3/c2*1-20-14-10-7-5-3-4-6-8-13-17-22(29)26-24(28(2)18-23(30)33-20)27-25(31)32-19-21-15-11-9-12-16-21;2*1-14-11-9-7-5-3-4-6-8-10-12-15(21)19-17(18)20(2)13-16(22)23-14/h2*3-4,9,11-12,15-16,20H,5-8,10,13-14,17-19H2,1-2H3,(H,26,27,29,31);2*14H,3-13H2,1-2H3,(H2,18,19,21)/b2*4-3+;;/t2*20-;2*14-/m1010/s1/i4*2D3. The minimum Gasteiger partial charge on any atom is -0.461 e. The number of carbonyl (C=O) groups excluding carboxylic acids is 10. The summed E-state index contributed by atoms with van der Waals surface area (Å²) in [5.74, 6) is -7.26. The molecule has 6 amide bonds. The van der Waals surface area contributed by atoms with Crippen LogP contribution in [0.15, 0.2) is 95.0 Å². The van der Waals surface area contributed by atoms with Crippen molar-refractivity contribution < 1.29 is 92.8 Å². The largest absolute Gasteiger partial charge is 0.461 e. The SMILES string of the molecule is [2H]C([2H])([2H])N1CC(=O)O[C@@H](C)CCCC/C=C/CCCCC(=O)NC1=NC(=O)OCc1ccccc1.[2H]C([2H])([2H])N1CC(=O)O[C@@H](C)CCCCCCCCCCC(=O)NC1=N.[2H]C([2H])([2H])N1CC(=O)O[C@H](C)CCCC/C=C/CCCCC(=O)NC1=NC(=O)OCc1ccccc1.[2H]C([2H])([2H])N1CC(=O)O[C@H](C)CCCCCCCCCCC(=O)NC1=N. The summed E-state index contributed by atoms with van der Waals surface area (Å²) < 4.78 is 124. The summed E-state index contributed by atoms with van der Waals surface area (Å²) in [5.41, 5.74) is 1.41. The van der Waals surface area contributed by atoms with Gasteiger partial charge in [-0.05, 0) is 167 Å². The number of cyclic esters (lactones) is 4. The molecule has 2 aromatic rings. The predicted octanol–water partition coefficient (Wildman–Crippen LogP) is 14.3. The van der Waals surface area contributed by atoms with Gasteiger partial charge in [0.2, 0.25) is 35.5 Å². The van der Waals surface area contributed by atoms with Crippen molar-refractivity contribution in [3.63, 3.8) is 0 Å². The van der Waals surface area contributed by atoms with E-state index in [0.717, 1.165) is 154 Å². The molecular weight excluding hydrogens is 1430 g/mol. The highest BCUT2D eigenvalue weighted by Crippen LogP contribution is 2.18. The summed E-state index contributed by atoms with van der Waals surface area (Å²) in [6.07, 6.45) is 34.3. The van der Waals surface area contributed by atoms with Gasteiger partial charge in [-0.3, -0.25) is 70.4 Å². The number of esters is 4. The van der Waals surface area contributed by atoms with E-state index in [2.05, 4.69) is 55.6 Å². The van der Waals surface area contributed by atoms with E-state index >= 15 is 0 Å². The van der Waals surface area contributed by atoms with Gasteiger partial charge in [0, 0.05) is 70.0 Å². The van der Waals surface area contributed by atoms with Crippen molar-refractivity contribution in [2.45, 2.75) is 296 Å². The Hall–Kier alpha value is -9.50. The fraction of sp³-hybridized carbons (Fsp3) is 0.643. The van der Waals surface area contributed by atoms with E-state index in [0.29, 0.717) is 69.3 Å². The molecule has 112 heavy (non-hydrogen) atoms. The average Bonchev–Trinajstić information content (AvgIpc) is 0.770. The molecule has 6 N–H and O–H groups in total. The predicted molar refractivity (Wildman–Crippen MR) is 433 cm³/mol. The molecule has 4 aliphatic rings. The van der Waals surface area contributed by atoms with Crippen molar-refractivity contribution >= 4 is 83.5 Å². The van der Waals surface area contributed by atoms with Crippen LogP contribution in [-0.2, 0) is 80.0 Å². The van der Waals surface area contributed by atoms with Gasteiger partial charge in [-0.25, -0.2) is 9.59 Å². The maximum atomic E-state index is 12.6. The molecule has 6 rings (SSSR count). The molecule has 0 aromatic heterocycles. The van der Waals surface area contributed by atoms with E-state index in [1.807, 2.05) is 12.1 Å². The molecule has 0 spiro atoms. The molecule has 0 radical (unpaired) electrons. The smallest absolute Gasteiger partial charge is 0.437 e. The number of allylic oxidation sites excluding steroid dienone is 4. The number of carbonyl (C=O) groups is 10. The Labute approximate surface area is 682 Å². The van der Waals surface area contributed by atoms with Gasteiger partial charge >= 0.3 is 36.1 Å². The number of hydrogen-bond acceptors (Lipinski definition) is 18. The lowest BCUT2D eigenvalue weighted by Crippen LogP contribution is -2.45. The van der Waals surface area contributed by atoms with E-state index < -0.39 is 150 Å². The highest BCUT2D eigenvalue weighted by molar-refractivity contribution is 6.03. The van der Waals surface area contributed by atoms with Crippen LogP contribution in [0.25, 0.3) is 0 Å². The van der Waals surface area contributed by atoms with Crippen LogP contribution in [0.3, 0.4) is 0 Å². The highest BCUT2D eigenvalue weighted by atomic mass is 16.6. The molecular formula is C84H132N12O16. The van der Waals surface area contributed by atoms with Gasteiger partial charge in [-0.1, -0.05) is 162 Å². The van der Waals surface area contributed by atoms with Gasteiger partial charge in [-0.15, -0.1) is 9.98 Å². The van der Waals surface area contributed by atoms with Gasteiger partial charge in [0.1, 0.15) is 39.4 Å². The summed E-state index contributed by atoms with van der Waals surface area (Å²) >= 11 is 0. The van der Waals surface area contributed by atoms with Crippen molar-refractivity contribution in [3.8, 4) is 0 Å². The van der Waals surface area contributed by atoms with Gasteiger partial charge in [-0.2, -0.15) is 0 Å². The normalized spacial score (nSPS) is 25.0. The highest BCUT2D eigenvalue weighted by Gasteiger charge is 2.23. The molecule has 0 aliphatic carbocycles. The zero-order valence-corrected chi connectivity index (χ0v) is 66.3. The Bertz CT molecular complexity index is 3490. The molecule has 28 nitrogen and oxygen atoms in total. The maximum Gasteiger partial charge on any atom is 0.437 e.